The summed E-state index contributed by atoms with van der Waals surface area (Å²) >= 11 is 0. The lowest BCUT2D eigenvalue weighted by Crippen LogP contribution is -2.39. The summed E-state index contributed by atoms with van der Waals surface area (Å²) in [7, 11) is 1.49. The van der Waals surface area contributed by atoms with Crippen molar-refractivity contribution in [3.8, 4) is 5.75 Å². The summed E-state index contributed by atoms with van der Waals surface area (Å²) in [5.74, 6) is 0.469. The first-order chi connectivity index (χ1) is 8.33. The predicted molar refractivity (Wildman–Crippen MR) is 73.6 cm³/mol. The van der Waals surface area contributed by atoms with Gasteiger partial charge in [-0.25, -0.2) is 4.39 Å². The Balaban J connectivity index is 2.62. The molecule has 18 heavy (non-hydrogen) atoms. The molecule has 1 aromatic rings. The van der Waals surface area contributed by atoms with E-state index in [0.717, 1.165) is 12.1 Å². The number of rotatable bonds is 5. The summed E-state index contributed by atoms with van der Waals surface area (Å²) < 4.78 is 19.0. The van der Waals surface area contributed by atoms with Gasteiger partial charge in [0.05, 0.1) is 7.11 Å². The van der Waals surface area contributed by atoms with Crippen LogP contribution >= 0.6 is 0 Å². The van der Waals surface area contributed by atoms with Gasteiger partial charge in [0.2, 0.25) is 0 Å². The molecule has 1 N–H and O–H groups in total. The van der Waals surface area contributed by atoms with Gasteiger partial charge in [-0.15, -0.1) is 0 Å². The summed E-state index contributed by atoms with van der Waals surface area (Å²) in [6, 6.07) is 5.31. The third-order valence-corrected chi connectivity index (χ3v) is 2.81. The van der Waals surface area contributed by atoms with Crippen molar-refractivity contribution in [2.75, 3.05) is 13.7 Å². The molecular formula is C15H24FNO. The smallest absolute Gasteiger partial charge is 0.168 e. The fraction of sp³-hybridized carbons (Fsp3) is 0.600. The second kappa shape index (κ2) is 6.19. The van der Waals surface area contributed by atoms with Crippen LogP contribution in [0.2, 0.25) is 0 Å². The normalized spacial score (nSPS) is 13.4. The molecule has 1 aromatic carbocycles. The molecule has 3 heteroatoms. The van der Waals surface area contributed by atoms with Crippen molar-refractivity contribution in [2.24, 2.45) is 5.92 Å². The summed E-state index contributed by atoms with van der Waals surface area (Å²) in [4.78, 5) is 0. The van der Waals surface area contributed by atoms with Crippen molar-refractivity contribution in [3.63, 3.8) is 0 Å². The fourth-order valence-electron chi connectivity index (χ4n) is 1.80. The van der Waals surface area contributed by atoms with Crippen LogP contribution in [0.15, 0.2) is 18.2 Å². The van der Waals surface area contributed by atoms with Gasteiger partial charge in [0.25, 0.3) is 0 Å². The molecule has 0 fully saturated rings. The molecule has 0 spiro atoms. The first kappa shape index (κ1) is 15.0. The fourth-order valence-corrected chi connectivity index (χ4v) is 1.80. The lowest BCUT2D eigenvalue weighted by molar-refractivity contribution is 0.370. The Labute approximate surface area is 110 Å². The van der Waals surface area contributed by atoms with Gasteiger partial charge < -0.3 is 10.1 Å². The van der Waals surface area contributed by atoms with Gasteiger partial charge >= 0.3 is 0 Å². The maximum Gasteiger partial charge on any atom is 0.168 e. The molecule has 0 bridgehead atoms. The van der Waals surface area contributed by atoms with Crippen LogP contribution in [-0.2, 0) is 6.42 Å². The standard InChI is InChI=1S/C15H24FNO/c1-11(10-17-15(2,3)4)9-12-7-6-8-13(18-5)14(12)16/h6-8,11,17H,9-10H2,1-5H3. The highest BCUT2D eigenvalue weighted by Crippen LogP contribution is 2.22. The van der Waals surface area contributed by atoms with E-state index in [2.05, 4.69) is 33.0 Å². The maximum absolute atomic E-state index is 14.0. The molecule has 2 nitrogen and oxygen atoms in total. The number of hydrogen-bond acceptors (Lipinski definition) is 2. The predicted octanol–water partition coefficient (Wildman–Crippen LogP) is 3.40. The average Bonchev–Trinajstić information content (AvgIpc) is 2.28. The Morgan fingerprint density at radius 1 is 1.33 bits per heavy atom. The van der Waals surface area contributed by atoms with Gasteiger partial charge in [-0.3, -0.25) is 0 Å². The Bertz CT molecular complexity index is 385. The van der Waals surface area contributed by atoms with Crippen molar-refractivity contribution in [3.05, 3.63) is 29.6 Å². The number of nitrogens with one attached hydrogen (secondary N) is 1. The lowest BCUT2D eigenvalue weighted by Gasteiger charge is -2.23. The van der Waals surface area contributed by atoms with Crippen molar-refractivity contribution in [2.45, 2.75) is 39.7 Å². The minimum Gasteiger partial charge on any atom is -0.494 e. The molecule has 0 aliphatic heterocycles. The Morgan fingerprint density at radius 2 is 2.00 bits per heavy atom. The summed E-state index contributed by atoms with van der Waals surface area (Å²) in [6.45, 7) is 9.39. The van der Waals surface area contributed by atoms with Gasteiger partial charge in [-0.2, -0.15) is 0 Å². The Hall–Kier alpha value is -1.09. The summed E-state index contributed by atoms with van der Waals surface area (Å²) in [5.41, 5.74) is 0.818. The quantitative estimate of drug-likeness (QED) is 0.868. The third kappa shape index (κ3) is 4.65. The van der Waals surface area contributed by atoms with Crippen molar-refractivity contribution in [1.29, 1.82) is 0 Å². The van der Waals surface area contributed by atoms with Crippen LogP contribution in [0, 0.1) is 11.7 Å². The second-order valence-corrected chi connectivity index (χ2v) is 5.87. The molecule has 0 aromatic heterocycles. The number of halogens is 1. The zero-order valence-electron chi connectivity index (χ0n) is 12.0. The number of benzene rings is 1. The minimum atomic E-state index is -0.234. The first-order valence-electron chi connectivity index (χ1n) is 6.40. The average molecular weight is 253 g/mol. The van der Waals surface area contributed by atoms with E-state index in [1.165, 1.54) is 7.11 Å². The van der Waals surface area contributed by atoms with Crippen LogP contribution in [0.3, 0.4) is 0 Å². The highest BCUT2D eigenvalue weighted by molar-refractivity contribution is 5.31. The van der Waals surface area contributed by atoms with E-state index in [0.29, 0.717) is 18.1 Å². The van der Waals surface area contributed by atoms with Gasteiger partial charge in [-0.05, 0) is 51.3 Å². The van der Waals surface area contributed by atoms with E-state index in [1.807, 2.05) is 12.1 Å². The molecule has 0 saturated carbocycles. The summed E-state index contributed by atoms with van der Waals surface area (Å²) in [5, 5.41) is 3.44. The number of ether oxygens (including phenoxy) is 1. The monoisotopic (exact) mass is 253 g/mol. The van der Waals surface area contributed by atoms with E-state index in [9.17, 15) is 4.39 Å². The zero-order valence-corrected chi connectivity index (χ0v) is 12.0. The third-order valence-electron chi connectivity index (χ3n) is 2.81. The van der Waals surface area contributed by atoms with E-state index in [1.54, 1.807) is 6.07 Å². The van der Waals surface area contributed by atoms with Crippen LogP contribution < -0.4 is 10.1 Å². The van der Waals surface area contributed by atoms with Crippen LogP contribution in [0.5, 0.6) is 5.75 Å². The van der Waals surface area contributed by atoms with Crippen molar-refractivity contribution >= 4 is 0 Å². The van der Waals surface area contributed by atoms with Gasteiger partial charge in [0, 0.05) is 5.54 Å². The van der Waals surface area contributed by atoms with E-state index < -0.39 is 0 Å². The van der Waals surface area contributed by atoms with E-state index >= 15 is 0 Å². The van der Waals surface area contributed by atoms with Gasteiger partial charge in [-0.1, -0.05) is 19.1 Å². The molecule has 102 valence electrons. The first-order valence-corrected chi connectivity index (χ1v) is 6.40. The molecule has 0 amide bonds. The van der Waals surface area contributed by atoms with Crippen LogP contribution in [-0.4, -0.2) is 19.2 Å². The zero-order chi connectivity index (χ0) is 13.8. The molecule has 1 unspecified atom stereocenters. The van der Waals surface area contributed by atoms with Gasteiger partial charge in [0.15, 0.2) is 11.6 Å². The largest absolute Gasteiger partial charge is 0.494 e. The lowest BCUT2D eigenvalue weighted by atomic mass is 9.99. The molecule has 0 heterocycles. The molecule has 0 saturated heterocycles. The molecule has 0 radical (unpaired) electrons. The van der Waals surface area contributed by atoms with E-state index in [4.69, 9.17) is 4.74 Å². The van der Waals surface area contributed by atoms with Crippen LogP contribution in [0.25, 0.3) is 0 Å². The van der Waals surface area contributed by atoms with Crippen molar-refractivity contribution in [1.82, 2.24) is 5.32 Å². The Morgan fingerprint density at radius 3 is 2.56 bits per heavy atom. The molecular weight excluding hydrogens is 229 g/mol. The topological polar surface area (TPSA) is 21.3 Å². The highest BCUT2D eigenvalue weighted by Gasteiger charge is 2.14. The van der Waals surface area contributed by atoms with Crippen molar-refractivity contribution < 1.29 is 9.13 Å². The Kier molecular flexibility index (Phi) is 5.15. The molecule has 1 rings (SSSR count). The van der Waals surface area contributed by atoms with Gasteiger partial charge in [0.1, 0.15) is 0 Å². The minimum absolute atomic E-state index is 0.0984. The molecule has 0 aliphatic carbocycles. The number of hydrogen-bond donors (Lipinski definition) is 1. The molecule has 0 aliphatic rings. The second-order valence-electron chi connectivity index (χ2n) is 5.87. The highest BCUT2D eigenvalue weighted by atomic mass is 19.1. The maximum atomic E-state index is 14.0. The SMILES string of the molecule is COc1cccc(CC(C)CNC(C)(C)C)c1F. The number of methoxy groups -OCH3 is 1. The van der Waals surface area contributed by atoms with Crippen LogP contribution in [0.4, 0.5) is 4.39 Å². The summed E-state index contributed by atoms with van der Waals surface area (Å²) in [6.07, 6.45) is 0.714. The van der Waals surface area contributed by atoms with Crippen LogP contribution in [0.1, 0.15) is 33.3 Å². The van der Waals surface area contributed by atoms with E-state index in [-0.39, 0.29) is 11.4 Å². The molecule has 1 atom stereocenters.